The summed E-state index contributed by atoms with van der Waals surface area (Å²) in [5.74, 6) is -0.225. The van der Waals surface area contributed by atoms with Crippen LogP contribution in [-0.2, 0) is 7.05 Å². The normalized spacial score (nSPS) is 10.3. The fourth-order valence-corrected chi connectivity index (χ4v) is 2.14. The number of nitrogens with zero attached hydrogens (tertiary/aromatic N) is 2. The summed E-state index contributed by atoms with van der Waals surface area (Å²) in [4.78, 5) is 12.3. The molecule has 6 nitrogen and oxygen atoms in total. The Balaban J connectivity index is 2.35. The molecule has 0 unspecified atom stereocenters. The Hall–Kier alpha value is -1.93. The summed E-state index contributed by atoms with van der Waals surface area (Å²) in [5, 5.41) is 16.4. The number of nitrogens with two attached hydrogens (primary N) is 1. The van der Waals surface area contributed by atoms with Crippen molar-refractivity contribution < 1.29 is 9.90 Å². The average molecular weight is 355 g/mol. The first kappa shape index (κ1) is 14.5. The van der Waals surface area contributed by atoms with Crippen LogP contribution in [0.3, 0.4) is 0 Å². The van der Waals surface area contributed by atoms with Crippen LogP contribution in [0.2, 0.25) is 0 Å². The van der Waals surface area contributed by atoms with Crippen molar-refractivity contribution in [2.45, 2.75) is 0 Å². The molecule has 1 heterocycles. The average Bonchev–Trinajstić information content (AvgIpc) is 2.74. The van der Waals surface area contributed by atoms with Gasteiger partial charge in [0.1, 0.15) is 16.6 Å². The van der Waals surface area contributed by atoms with E-state index in [1.54, 1.807) is 13.1 Å². The van der Waals surface area contributed by atoms with Gasteiger partial charge in [0.25, 0.3) is 5.91 Å². The molecule has 0 saturated carbocycles. The molecule has 1 aromatic carbocycles. The third kappa shape index (κ3) is 2.81. The summed E-state index contributed by atoms with van der Waals surface area (Å²) >= 11 is 8.14. The smallest absolute Gasteiger partial charge is 0.260 e. The van der Waals surface area contributed by atoms with Gasteiger partial charge in [-0.2, -0.15) is 5.10 Å². The maximum Gasteiger partial charge on any atom is 0.260 e. The van der Waals surface area contributed by atoms with E-state index in [4.69, 9.17) is 18.0 Å². The van der Waals surface area contributed by atoms with Crippen LogP contribution in [0.15, 0.2) is 28.9 Å². The first-order chi connectivity index (χ1) is 9.40. The van der Waals surface area contributed by atoms with Crippen LogP contribution in [0.5, 0.6) is 5.75 Å². The van der Waals surface area contributed by atoms with Crippen molar-refractivity contribution in [3.63, 3.8) is 0 Å². The lowest BCUT2D eigenvalue weighted by Crippen LogP contribution is -2.19. The Labute approximate surface area is 128 Å². The van der Waals surface area contributed by atoms with Crippen LogP contribution in [0.4, 0.5) is 5.82 Å². The Morgan fingerprint density at radius 2 is 2.20 bits per heavy atom. The Kier molecular flexibility index (Phi) is 4.05. The molecule has 0 bridgehead atoms. The lowest BCUT2D eigenvalue weighted by molar-refractivity contribution is 0.102. The maximum atomic E-state index is 12.2. The molecular weight excluding hydrogens is 344 g/mol. The molecule has 1 amide bonds. The van der Waals surface area contributed by atoms with Gasteiger partial charge in [-0.3, -0.25) is 9.48 Å². The Bertz CT molecular complexity index is 699. The van der Waals surface area contributed by atoms with Gasteiger partial charge in [0.15, 0.2) is 0 Å². The number of phenols is 1. The predicted molar refractivity (Wildman–Crippen MR) is 82.9 cm³/mol. The number of benzene rings is 1. The second-order valence-corrected chi connectivity index (χ2v) is 5.37. The van der Waals surface area contributed by atoms with Crippen LogP contribution >= 0.6 is 28.1 Å². The molecule has 0 radical (unpaired) electrons. The topological polar surface area (TPSA) is 93.2 Å². The fraction of sp³-hybridized carbons (Fsp3) is 0.0833. The van der Waals surface area contributed by atoms with E-state index in [0.717, 1.165) is 0 Å². The molecule has 104 valence electrons. The van der Waals surface area contributed by atoms with Crippen molar-refractivity contribution >= 4 is 44.9 Å². The van der Waals surface area contributed by atoms with E-state index in [1.807, 2.05) is 0 Å². The number of rotatable bonds is 3. The van der Waals surface area contributed by atoms with E-state index in [-0.39, 0.29) is 16.3 Å². The highest BCUT2D eigenvalue weighted by atomic mass is 79.9. The standard InChI is InChI=1S/C12H11BrN4O2S/c1-17-11(8(5-15-17)10(14)20)16-12(19)7-4-6(13)2-3-9(7)18/h2-5,18H,1H3,(H2,14,20)(H,16,19). The van der Waals surface area contributed by atoms with Crippen molar-refractivity contribution in [3.05, 3.63) is 40.0 Å². The number of aromatic nitrogens is 2. The monoisotopic (exact) mass is 354 g/mol. The van der Waals surface area contributed by atoms with Gasteiger partial charge < -0.3 is 16.2 Å². The zero-order valence-electron chi connectivity index (χ0n) is 10.4. The highest BCUT2D eigenvalue weighted by Crippen LogP contribution is 2.23. The lowest BCUT2D eigenvalue weighted by atomic mass is 10.2. The van der Waals surface area contributed by atoms with Crippen molar-refractivity contribution in [1.29, 1.82) is 0 Å². The molecule has 0 spiro atoms. The summed E-state index contributed by atoms with van der Waals surface area (Å²) < 4.78 is 2.13. The molecule has 0 aliphatic rings. The number of amides is 1. The number of anilines is 1. The predicted octanol–water partition coefficient (Wildman–Crippen LogP) is 1.77. The first-order valence-electron chi connectivity index (χ1n) is 5.52. The Morgan fingerprint density at radius 1 is 1.50 bits per heavy atom. The summed E-state index contributed by atoms with van der Waals surface area (Å²) in [6, 6.07) is 4.58. The first-order valence-corrected chi connectivity index (χ1v) is 6.72. The minimum atomic E-state index is -0.482. The minimum Gasteiger partial charge on any atom is -0.507 e. The van der Waals surface area contributed by atoms with Crippen LogP contribution in [-0.4, -0.2) is 25.8 Å². The van der Waals surface area contributed by atoms with Gasteiger partial charge in [-0.05, 0) is 18.2 Å². The number of phenolic OH excluding ortho intramolecular Hbond substituents is 1. The van der Waals surface area contributed by atoms with Gasteiger partial charge in [0.2, 0.25) is 0 Å². The quantitative estimate of drug-likeness (QED) is 0.730. The van der Waals surface area contributed by atoms with Gasteiger partial charge in [0, 0.05) is 11.5 Å². The third-order valence-electron chi connectivity index (χ3n) is 2.64. The number of aromatic hydroxyl groups is 1. The van der Waals surface area contributed by atoms with Crippen LogP contribution in [0, 0.1) is 0 Å². The second kappa shape index (κ2) is 5.59. The molecule has 4 N–H and O–H groups in total. The second-order valence-electron chi connectivity index (χ2n) is 4.01. The molecule has 0 aliphatic carbocycles. The minimum absolute atomic E-state index is 0.121. The Morgan fingerprint density at radius 3 is 2.85 bits per heavy atom. The number of nitrogens with one attached hydrogen (secondary N) is 1. The summed E-state index contributed by atoms with van der Waals surface area (Å²) in [6.07, 6.45) is 1.47. The zero-order chi connectivity index (χ0) is 14.9. The molecule has 0 fully saturated rings. The highest BCUT2D eigenvalue weighted by Gasteiger charge is 2.17. The number of hydrogen-bond acceptors (Lipinski definition) is 4. The molecule has 8 heteroatoms. The number of thiocarbonyl (C=S) groups is 1. The number of halogens is 1. The molecule has 0 saturated heterocycles. The number of aryl methyl sites for hydroxylation is 1. The van der Waals surface area contributed by atoms with Crippen molar-refractivity contribution in [1.82, 2.24) is 9.78 Å². The summed E-state index contributed by atoms with van der Waals surface area (Å²) in [5.41, 5.74) is 6.16. The molecule has 0 aliphatic heterocycles. The molecule has 0 atom stereocenters. The zero-order valence-corrected chi connectivity index (χ0v) is 12.8. The number of carbonyl (C=O) groups is 1. The van der Waals surface area contributed by atoms with Gasteiger partial charge in [-0.1, -0.05) is 28.1 Å². The van der Waals surface area contributed by atoms with E-state index in [9.17, 15) is 9.90 Å². The fourth-order valence-electron chi connectivity index (χ4n) is 1.63. The molecule has 20 heavy (non-hydrogen) atoms. The largest absolute Gasteiger partial charge is 0.507 e. The lowest BCUT2D eigenvalue weighted by Gasteiger charge is -2.09. The van der Waals surface area contributed by atoms with Gasteiger partial charge in [-0.25, -0.2) is 0 Å². The SMILES string of the molecule is Cn1ncc(C(N)=S)c1NC(=O)c1cc(Br)ccc1O. The highest BCUT2D eigenvalue weighted by molar-refractivity contribution is 9.10. The third-order valence-corrected chi connectivity index (χ3v) is 3.35. The summed E-state index contributed by atoms with van der Waals surface area (Å²) in [6.45, 7) is 0. The van der Waals surface area contributed by atoms with Crippen molar-refractivity contribution in [2.24, 2.45) is 12.8 Å². The summed E-state index contributed by atoms with van der Waals surface area (Å²) in [7, 11) is 1.65. The molecular formula is C12H11BrN4O2S. The van der Waals surface area contributed by atoms with Crippen molar-refractivity contribution in [2.75, 3.05) is 5.32 Å². The van der Waals surface area contributed by atoms with E-state index in [0.29, 0.717) is 15.9 Å². The van der Waals surface area contributed by atoms with E-state index in [1.165, 1.54) is 23.0 Å². The maximum absolute atomic E-state index is 12.2. The van der Waals surface area contributed by atoms with E-state index in [2.05, 4.69) is 26.3 Å². The van der Waals surface area contributed by atoms with Crippen LogP contribution < -0.4 is 11.1 Å². The van der Waals surface area contributed by atoms with Gasteiger partial charge >= 0.3 is 0 Å². The van der Waals surface area contributed by atoms with Gasteiger partial charge in [-0.15, -0.1) is 0 Å². The number of carbonyl (C=O) groups excluding carboxylic acids is 1. The van der Waals surface area contributed by atoms with Gasteiger partial charge in [0.05, 0.1) is 17.3 Å². The van der Waals surface area contributed by atoms with Crippen LogP contribution in [0.1, 0.15) is 15.9 Å². The molecule has 1 aromatic heterocycles. The number of hydrogen-bond donors (Lipinski definition) is 3. The molecule has 2 aromatic rings. The van der Waals surface area contributed by atoms with Crippen LogP contribution in [0.25, 0.3) is 0 Å². The van der Waals surface area contributed by atoms with Crippen molar-refractivity contribution in [3.8, 4) is 5.75 Å². The van der Waals surface area contributed by atoms with E-state index >= 15 is 0 Å². The molecule has 2 rings (SSSR count). The van der Waals surface area contributed by atoms with E-state index < -0.39 is 5.91 Å².